The van der Waals surface area contributed by atoms with Gasteiger partial charge in [-0.1, -0.05) is 29.3 Å². The van der Waals surface area contributed by atoms with E-state index < -0.39 is 5.97 Å². The second-order valence-electron chi connectivity index (χ2n) is 3.85. The number of carbonyl (C=O) groups is 1. The fraction of sp³-hybridized carbons (Fsp3) is 0.0769. The Morgan fingerprint density at radius 1 is 1.37 bits per heavy atom. The first kappa shape index (κ1) is 13.6. The summed E-state index contributed by atoms with van der Waals surface area (Å²) in [5, 5.41) is 13.9. The molecule has 0 fully saturated rings. The van der Waals surface area contributed by atoms with E-state index in [1.54, 1.807) is 36.0 Å². The molecule has 0 spiro atoms. The fourth-order valence-corrected chi connectivity index (χ4v) is 1.97. The van der Waals surface area contributed by atoms with Crippen molar-refractivity contribution in [2.75, 3.05) is 0 Å². The quantitative estimate of drug-likeness (QED) is 0.881. The van der Waals surface area contributed by atoms with E-state index in [-0.39, 0.29) is 0 Å². The van der Waals surface area contributed by atoms with E-state index in [1.807, 2.05) is 0 Å². The van der Waals surface area contributed by atoms with Crippen LogP contribution in [0.2, 0.25) is 10.0 Å². The molecule has 1 aromatic carbocycles. The van der Waals surface area contributed by atoms with Gasteiger partial charge < -0.3 is 5.11 Å². The van der Waals surface area contributed by atoms with Crippen LogP contribution in [-0.4, -0.2) is 20.9 Å². The Hall–Kier alpha value is -1.78. The maximum atomic E-state index is 10.6. The van der Waals surface area contributed by atoms with E-state index in [2.05, 4.69) is 5.10 Å². The number of carboxylic acids is 1. The third-order valence-electron chi connectivity index (χ3n) is 2.51. The minimum Gasteiger partial charge on any atom is -0.478 e. The molecule has 1 heterocycles. The highest BCUT2D eigenvalue weighted by Gasteiger charge is 2.10. The largest absolute Gasteiger partial charge is 0.478 e. The van der Waals surface area contributed by atoms with Gasteiger partial charge in [0.1, 0.15) is 0 Å². The van der Waals surface area contributed by atoms with Crippen LogP contribution in [-0.2, 0) is 4.79 Å². The predicted octanol–water partition coefficient (Wildman–Crippen LogP) is 3.59. The lowest BCUT2D eigenvalue weighted by atomic mass is 10.1. The van der Waals surface area contributed by atoms with Crippen LogP contribution in [0.4, 0.5) is 0 Å². The van der Waals surface area contributed by atoms with E-state index in [4.69, 9.17) is 28.3 Å². The molecule has 98 valence electrons. The first-order valence-corrected chi connectivity index (χ1v) is 6.16. The molecule has 19 heavy (non-hydrogen) atoms. The summed E-state index contributed by atoms with van der Waals surface area (Å²) in [5.74, 6) is -1.04. The zero-order valence-corrected chi connectivity index (χ0v) is 11.5. The molecule has 0 bridgehead atoms. The maximum absolute atomic E-state index is 10.6. The van der Waals surface area contributed by atoms with Crippen molar-refractivity contribution in [2.45, 2.75) is 6.92 Å². The van der Waals surface area contributed by atoms with Crippen LogP contribution < -0.4 is 0 Å². The van der Waals surface area contributed by atoms with Crippen molar-refractivity contribution in [1.82, 2.24) is 9.78 Å². The second-order valence-corrected chi connectivity index (χ2v) is 4.67. The molecule has 0 aliphatic heterocycles. The molecule has 0 amide bonds. The van der Waals surface area contributed by atoms with Gasteiger partial charge in [0.2, 0.25) is 0 Å². The summed E-state index contributed by atoms with van der Waals surface area (Å²) in [6, 6.07) is 5.24. The Morgan fingerprint density at radius 2 is 2.11 bits per heavy atom. The molecule has 1 aromatic heterocycles. The van der Waals surface area contributed by atoms with Crippen LogP contribution in [0, 0.1) is 6.92 Å². The van der Waals surface area contributed by atoms with E-state index in [0.29, 0.717) is 27.0 Å². The Balaban J connectivity index is 2.57. The van der Waals surface area contributed by atoms with Crippen molar-refractivity contribution in [3.05, 3.63) is 51.8 Å². The first-order valence-electron chi connectivity index (χ1n) is 5.40. The summed E-state index contributed by atoms with van der Waals surface area (Å²) in [7, 11) is 0. The van der Waals surface area contributed by atoms with Crippen molar-refractivity contribution >= 4 is 35.2 Å². The molecule has 0 aliphatic carbocycles. The smallest absolute Gasteiger partial charge is 0.328 e. The molecule has 2 rings (SSSR count). The van der Waals surface area contributed by atoms with Gasteiger partial charge in [0, 0.05) is 22.9 Å². The van der Waals surface area contributed by atoms with Gasteiger partial charge in [-0.2, -0.15) is 5.10 Å². The Bertz CT molecular complexity index is 643. The highest BCUT2D eigenvalue weighted by atomic mass is 35.5. The van der Waals surface area contributed by atoms with Crippen LogP contribution in [0.1, 0.15) is 11.3 Å². The van der Waals surface area contributed by atoms with Gasteiger partial charge in [0.25, 0.3) is 0 Å². The SMILES string of the molecule is Cc1nn(-c2cccc(Cl)c2C=CC(=O)O)cc1Cl. The lowest BCUT2D eigenvalue weighted by Crippen LogP contribution is -1.99. The van der Waals surface area contributed by atoms with Gasteiger partial charge in [-0.3, -0.25) is 0 Å². The summed E-state index contributed by atoms with van der Waals surface area (Å²) in [6.07, 6.45) is 4.12. The van der Waals surface area contributed by atoms with Crippen LogP contribution >= 0.6 is 23.2 Å². The number of aliphatic carboxylic acids is 1. The molecule has 4 nitrogen and oxygen atoms in total. The summed E-state index contributed by atoms with van der Waals surface area (Å²) >= 11 is 12.1. The standard InChI is InChI=1S/C13H10Cl2N2O2/c1-8-11(15)7-17(16-8)12-4-2-3-10(14)9(12)5-6-13(18)19/h2-7H,1H3,(H,18,19). The minimum absolute atomic E-state index is 0.444. The molecule has 0 aliphatic rings. The molecule has 1 N–H and O–H groups in total. The average Bonchev–Trinajstić information content (AvgIpc) is 2.67. The van der Waals surface area contributed by atoms with Crippen LogP contribution in [0.5, 0.6) is 0 Å². The number of aryl methyl sites for hydroxylation is 1. The Labute approximate surface area is 119 Å². The highest BCUT2D eigenvalue weighted by Crippen LogP contribution is 2.26. The molecular formula is C13H10Cl2N2O2. The Morgan fingerprint density at radius 3 is 2.68 bits per heavy atom. The number of halogens is 2. The van der Waals surface area contributed by atoms with Gasteiger partial charge in [0.05, 0.1) is 16.4 Å². The van der Waals surface area contributed by atoms with Crippen molar-refractivity contribution in [2.24, 2.45) is 0 Å². The minimum atomic E-state index is -1.04. The normalized spacial score (nSPS) is 11.1. The van der Waals surface area contributed by atoms with Crippen molar-refractivity contribution in [1.29, 1.82) is 0 Å². The molecule has 0 saturated carbocycles. The van der Waals surface area contributed by atoms with E-state index in [0.717, 1.165) is 6.08 Å². The van der Waals surface area contributed by atoms with Crippen molar-refractivity contribution in [3.8, 4) is 5.69 Å². The number of nitrogens with zero attached hydrogens (tertiary/aromatic N) is 2. The lowest BCUT2D eigenvalue weighted by molar-refractivity contribution is -0.131. The topological polar surface area (TPSA) is 55.1 Å². The molecule has 0 radical (unpaired) electrons. The molecule has 2 aromatic rings. The number of aromatic nitrogens is 2. The average molecular weight is 297 g/mol. The van der Waals surface area contributed by atoms with Crippen molar-refractivity contribution < 1.29 is 9.90 Å². The van der Waals surface area contributed by atoms with Gasteiger partial charge in [-0.05, 0) is 25.1 Å². The van der Waals surface area contributed by atoms with Crippen LogP contribution in [0.3, 0.4) is 0 Å². The third-order valence-corrected chi connectivity index (χ3v) is 3.21. The predicted molar refractivity (Wildman–Crippen MR) is 75.0 cm³/mol. The number of carboxylic acid groups (broad SMARTS) is 1. The summed E-state index contributed by atoms with van der Waals surface area (Å²) < 4.78 is 1.57. The molecule has 0 unspecified atom stereocenters. The highest BCUT2D eigenvalue weighted by molar-refractivity contribution is 6.32. The molecule has 0 atom stereocenters. The number of rotatable bonds is 3. The summed E-state index contributed by atoms with van der Waals surface area (Å²) in [5.41, 5.74) is 1.93. The first-order chi connectivity index (χ1) is 8.99. The number of benzene rings is 1. The second kappa shape index (κ2) is 5.47. The zero-order valence-electron chi connectivity index (χ0n) is 9.97. The number of hydrogen-bond donors (Lipinski definition) is 1. The summed E-state index contributed by atoms with van der Waals surface area (Å²) in [6.45, 7) is 1.79. The van der Waals surface area contributed by atoms with Crippen molar-refractivity contribution in [3.63, 3.8) is 0 Å². The maximum Gasteiger partial charge on any atom is 0.328 e. The third kappa shape index (κ3) is 2.97. The molecular weight excluding hydrogens is 287 g/mol. The molecule has 0 saturated heterocycles. The number of hydrogen-bond acceptors (Lipinski definition) is 2. The van der Waals surface area contributed by atoms with E-state index in [1.165, 1.54) is 6.08 Å². The van der Waals surface area contributed by atoms with E-state index in [9.17, 15) is 4.79 Å². The molecule has 6 heteroatoms. The van der Waals surface area contributed by atoms with Gasteiger partial charge in [-0.15, -0.1) is 0 Å². The van der Waals surface area contributed by atoms with Gasteiger partial charge in [0.15, 0.2) is 0 Å². The summed E-state index contributed by atoms with van der Waals surface area (Å²) in [4.78, 5) is 10.6. The fourth-order valence-electron chi connectivity index (χ4n) is 1.61. The Kier molecular flexibility index (Phi) is 3.93. The van der Waals surface area contributed by atoms with Gasteiger partial charge in [-0.25, -0.2) is 9.48 Å². The zero-order chi connectivity index (χ0) is 14.0. The lowest BCUT2D eigenvalue weighted by Gasteiger charge is -2.07. The monoisotopic (exact) mass is 296 g/mol. The van der Waals surface area contributed by atoms with E-state index >= 15 is 0 Å². The van der Waals surface area contributed by atoms with Crippen LogP contribution in [0.15, 0.2) is 30.5 Å². The van der Waals surface area contributed by atoms with Crippen LogP contribution in [0.25, 0.3) is 11.8 Å². The van der Waals surface area contributed by atoms with Gasteiger partial charge >= 0.3 is 5.97 Å².